The van der Waals surface area contributed by atoms with E-state index in [4.69, 9.17) is 5.11 Å². The van der Waals surface area contributed by atoms with Gasteiger partial charge in [-0.3, -0.25) is 4.79 Å². The van der Waals surface area contributed by atoms with E-state index in [1.54, 1.807) is 6.92 Å². The quantitative estimate of drug-likeness (QED) is 0.633. The van der Waals surface area contributed by atoms with Gasteiger partial charge in [0.15, 0.2) is 0 Å². The maximum Gasteiger partial charge on any atom is 0.313 e. The Morgan fingerprint density at radius 2 is 1.92 bits per heavy atom. The highest BCUT2D eigenvalue weighted by atomic mass is 16.4. The molecule has 1 aliphatic rings. The van der Waals surface area contributed by atoms with Gasteiger partial charge in [0.25, 0.3) is 0 Å². The first kappa shape index (κ1) is 10.3. The fourth-order valence-electron chi connectivity index (χ4n) is 2.17. The predicted molar refractivity (Wildman–Crippen MR) is 52.5 cm³/mol. The zero-order valence-electron chi connectivity index (χ0n) is 8.68. The summed E-state index contributed by atoms with van der Waals surface area (Å²) in [6.07, 6.45) is 2.76. The summed E-state index contributed by atoms with van der Waals surface area (Å²) in [5.74, 6) is -0.731. The maximum atomic E-state index is 11.1. The van der Waals surface area contributed by atoms with Crippen molar-refractivity contribution in [1.82, 2.24) is 0 Å². The van der Waals surface area contributed by atoms with Gasteiger partial charge in [-0.15, -0.1) is 0 Å². The maximum absolute atomic E-state index is 11.1. The van der Waals surface area contributed by atoms with E-state index in [0.29, 0.717) is 0 Å². The van der Waals surface area contributed by atoms with Crippen LogP contribution < -0.4 is 0 Å². The SMILES string of the molecule is C=C1C(C)(C)CCCC1(C)C(=O)O. The Kier molecular flexibility index (Phi) is 2.27. The number of hydrogen-bond acceptors (Lipinski definition) is 1. The molecule has 2 nitrogen and oxygen atoms in total. The molecule has 1 unspecified atom stereocenters. The zero-order valence-corrected chi connectivity index (χ0v) is 8.68. The summed E-state index contributed by atoms with van der Waals surface area (Å²) in [6.45, 7) is 9.91. The molecule has 1 N–H and O–H groups in total. The van der Waals surface area contributed by atoms with E-state index in [2.05, 4.69) is 20.4 Å². The lowest BCUT2D eigenvalue weighted by molar-refractivity contribution is -0.147. The topological polar surface area (TPSA) is 37.3 Å². The van der Waals surface area contributed by atoms with E-state index < -0.39 is 11.4 Å². The Balaban J connectivity index is 3.02. The molecule has 0 spiro atoms. The largest absolute Gasteiger partial charge is 0.481 e. The normalized spacial score (nSPS) is 33.0. The van der Waals surface area contributed by atoms with Crippen molar-refractivity contribution in [2.24, 2.45) is 10.8 Å². The van der Waals surface area contributed by atoms with Gasteiger partial charge >= 0.3 is 5.97 Å². The lowest BCUT2D eigenvalue weighted by Crippen LogP contribution is -2.39. The third-order valence-corrected chi connectivity index (χ3v) is 3.43. The first-order valence-corrected chi connectivity index (χ1v) is 4.74. The Morgan fingerprint density at radius 1 is 1.38 bits per heavy atom. The molecule has 1 aliphatic carbocycles. The van der Waals surface area contributed by atoms with Crippen molar-refractivity contribution >= 4 is 5.97 Å². The van der Waals surface area contributed by atoms with Crippen molar-refractivity contribution in [3.05, 3.63) is 12.2 Å². The van der Waals surface area contributed by atoms with Gasteiger partial charge < -0.3 is 5.11 Å². The van der Waals surface area contributed by atoms with Gasteiger partial charge in [0, 0.05) is 0 Å². The van der Waals surface area contributed by atoms with Gasteiger partial charge in [-0.25, -0.2) is 0 Å². The lowest BCUT2D eigenvalue weighted by atomic mass is 9.61. The Labute approximate surface area is 79.6 Å². The lowest BCUT2D eigenvalue weighted by Gasteiger charge is -2.42. The van der Waals surface area contributed by atoms with Crippen LogP contribution in [0.4, 0.5) is 0 Å². The minimum atomic E-state index is -0.731. The van der Waals surface area contributed by atoms with E-state index in [1.165, 1.54) is 0 Å². The molecular weight excluding hydrogens is 164 g/mol. The highest BCUT2D eigenvalue weighted by Gasteiger charge is 2.45. The second-order valence-electron chi connectivity index (χ2n) is 4.85. The molecule has 0 heterocycles. The molecule has 0 saturated heterocycles. The Morgan fingerprint density at radius 3 is 2.31 bits per heavy atom. The molecule has 13 heavy (non-hydrogen) atoms. The van der Waals surface area contributed by atoms with Gasteiger partial charge in [-0.1, -0.05) is 32.4 Å². The number of carboxylic acids is 1. The van der Waals surface area contributed by atoms with Crippen molar-refractivity contribution in [3.63, 3.8) is 0 Å². The van der Waals surface area contributed by atoms with E-state index in [1.807, 2.05) is 0 Å². The molecule has 0 aliphatic heterocycles. The van der Waals surface area contributed by atoms with Crippen LogP contribution >= 0.6 is 0 Å². The minimum absolute atomic E-state index is 0.0224. The molecule has 0 amide bonds. The van der Waals surface area contributed by atoms with Crippen LogP contribution in [0.15, 0.2) is 12.2 Å². The van der Waals surface area contributed by atoms with E-state index >= 15 is 0 Å². The number of aliphatic carboxylic acids is 1. The van der Waals surface area contributed by atoms with E-state index in [-0.39, 0.29) is 5.41 Å². The van der Waals surface area contributed by atoms with Gasteiger partial charge in [-0.2, -0.15) is 0 Å². The second kappa shape index (κ2) is 2.86. The molecule has 74 valence electrons. The predicted octanol–water partition coefficient (Wildman–Crippen LogP) is 2.84. The summed E-state index contributed by atoms with van der Waals surface area (Å²) in [7, 11) is 0. The van der Waals surface area contributed by atoms with Gasteiger partial charge in [0.1, 0.15) is 0 Å². The monoisotopic (exact) mass is 182 g/mol. The summed E-state index contributed by atoms with van der Waals surface area (Å²) in [6, 6.07) is 0. The molecule has 0 radical (unpaired) electrons. The summed E-state index contributed by atoms with van der Waals surface area (Å²) < 4.78 is 0. The van der Waals surface area contributed by atoms with Crippen molar-refractivity contribution in [2.75, 3.05) is 0 Å². The molecule has 1 rings (SSSR count). The first-order valence-electron chi connectivity index (χ1n) is 4.74. The zero-order chi connectivity index (χ0) is 10.3. The van der Waals surface area contributed by atoms with E-state index in [9.17, 15) is 4.79 Å². The molecule has 0 aromatic rings. The second-order valence-corrected chi connectivity index (χ2v) is 4.85. The average molecular weight is 182 g/mol. The van der Waals surface area contributed by atoms with Crippen LogP contribution in [-0.4, -0.2) is 11.1 Å². The third kappa shape index (κ3) is 1.50. The summed E-state index contributed by atoms with van der Waals surface area (Å²) in [4.78, 5) is 11.1. The van der Waals surface area contributed by atoms with Crippen molar-refractivity contribution in [2.45, 2.75) is 40.0 Å². The van der Waals surface area contributed by atoms with Gasteiger partial charge in [0.2, 0.25) is 0 Å². The Bertz CT molecular complexity index is 253. The van der Waals surface area contributed by atoms with Crippen LogP contribution in [-0.2, 0) is 4.79 Å². The fraction of sp³-hybridized carbons (Fsp3) is 0.727. The number of carbonyl (C=O) groups is 1. The van der Waals surface area contributed by atoms with E-state index in [0.717, 1.165) is 24.8 Å². The fourth-order valence-corrected chi connectivity index (χ4v) is 2.17. The first-order chi connectivity index (χ1) is 5.81. The smallest absolute Gasteiger partial charge is 0.313 e. The number of hydrogen-bond donors (Lipinski definition) is 1. The van der Waals surface area contributed by atoms with Gasteiger partial charge in [-0.05, 0) is 25.2 Å². The molecule has 2 heteroatoms. The highest BCUT2D eigenvalue weighted by Crippen LogP contribution is 2.49. The molecule has 0 aromatic heterocycles. The highest BCUT2D eigenvalue weighted by molar-refractivity contribution is 5.78. The third-order valence-electron chi connectivity index (χ3n) is 3.43. The van der Waals surface area contributed by atoms with Crippen molar-refractivity contribution in [1.29, 1.82) is 0 Å². The van der Waals surface area contributed by atoms with Crippen LogP contribution in [0.5, 0.6) is 0 Å². The van der Waals surface area contributed by atoms with Crippen LogP contribution in [0.1, 0.15) is 40.0 Å². The molecule has 1 saturated carbocycles. The summed E-state index contributed by atoms with van der Waals surface area (Å²) >= 11 is 0. The summed E-state index contributed by atoms with van der Waals surface area (Å²) in [5, 5.41) is 9.14. The molecule has 0 aromatic carbocycles. The van der Waals surface area contributed by atoms with Crippen LogP contribution in [0.25, 0.3) is 0 Å². The average Bonchev–Trinajstić information content (AvgIpc) is 1.99. The standard InChI is InChI=1S/C11H18O2/c1-8-10(2,3)6-5-7-11(8,4)9(12)13/h1,5-7H2,2-4H3,(H,12,13). The molecular formula is C11H18O2. The molecule has 1 fully saturated rings. The molecule has 1 atom stereocenters. The Hall–Kier alpha value is -0.790. The number of carboxylic acid groups (broad SMARTS) is 1. The van der Waals surface area contributed by atoms with Gasteiger partial charge in [0.05, 0.1) is 5.41 Å². The summed E-state index contributed by atoms with van der Waals surface area (Å²) in [5.41, 5.74) is 0.145. The van der Waals surface area contributed by atoms with Crippen molar-refractivity contribution in [3.8, 4) is 0 Å². The van der Waals surface area contributed by atoms with Crippen LogP contribution in [0.3, 0.4) is 0 Å². The number of rotatable bonds is 1. The van der Waals surface area contributed by atoms with Crippen LogP contribution in [0, 0.1) is 10.8 Å². The minimum Gasteiger partial charge on any atom is -0.481 e. The van der Waals surface area contributed by atoms with Crippen LogP contribution in [0.2, 0.25) is 0 Å². The molecule has 0 bridgehead atoms. The van der Waals surface area contributed by atoms with Crippen molar-refractivity contribution < 1.29 is 9.90 Å².